The Morgan fingerprint density at radius 1 is 0.971 bits per heavy atom. The van der Waals surface area contributed by atoms with Crippen LogP contribution in [0.15, 0.2) is 29.6 Å². The average molecular weight is 499 g/mol. The molecule has 1 atom stereocenters. The van der Waals surface area contributed by atoms with E-state index in [1.54, 1.807) is 58.9 Å². The topological polar surface area (TPSA) is 112 Å². The lowest BCUT2D eigenvalue weighted by Gasteiger charge is -2.49. The molecule has 7 rings (SSSR count). The summed E-state index contributed by atoms with van der Waals surface area (Å²) in [4.78, 5) is 11.9. The highest BCUT2D eigenvalue weighted by atomic mass is 32.2. The van der Waals surface area contributed by atoms with Crippen LogP contribution in [-0.2, 0) is 16.6 Å². The molecule has 190 valence electrons. The molecule has 4 N–H and O–H groups in total. The Labute approximate surface area is 210 Å². The highest BCUT2D eigenvalue weighted by Crippen LogP contribution is 2.53. The second kappa shape index (κ2) is 10.7. The van der Waals surface area contributed by atoms with E-state index in [-0.39, 0.29) is 11.9 Å². The monoisotopic (exact) mass is 498 g/mol. The van der Waals surface area contributed by atoms with Gasteiger partial charge in [0.25, 0.3) is 0 Å². The number of methoxy groups -OCH3 is 2. The van der Waals surface area contributed by atoms with Crippen LogP contribution >= 0.6 is 0 Å². The summed E-state index contributed by atoms with van der Waals surface area (Å²) in [6.07, 6.45) is 11.4. The van der Waals surface area contributed by atoms with Gasteiger partial charge in [0.05, 0.1) is 47.5 Å². The Morgan fingerprint density at radius 3 is 2.11 bits per heavy atom. The molecule has 0 amide bonds. The van der Waals surface area contributed by atoms with Crippen molar-refractivity contribution in [2.24, 2.45) is 23.7 Å². The molecule has 4 saturated carbocycles. The predicted molar refractivity (Wildman–Crippen MR) is 140 cm³/mol. The van der Waals surface area contributed by atoms with Gasteiger partial charge in [0, 0.05) is 23.4 Å². The summed E-state index contributed by atoms with van der Waals surface area (Å²) in [7, 11) is 1.91. The minimum Gasteiger partial charge on any atom is -0.497 e. The Balaban J connectivity index is 0.000000216. The van der Waals surface area contributed by atoms with Crippen molar-refractivity contribution < 1.29 is 13.7 Å². The average Bonchev–Trinajstić information content (AvgIpc) is 3.24. The molecule has 1 aromatic carbocycles. The standard InChI is InChI=1S/C17H19N3O3S.C10H16.H3N/c1-10-8-18-15(11(2)16(10)23-4)9-24(21)17-19-13-6-5-12(22-3)7-14(13)20-17;1-7-2-9-4-8(1)5-10(3-7)6-9;/h5-8H,9H2,1-4H3,(H,19,20);7-10H,1-6H2;1H3/t24-;;/m0../s1. The molecular weight excluding hydrogens is 460 g/mol. The first-order valence-electron chi connectivity index (χ1n) is 12.3. The molecule has 2 heterocycles. The lowest BCUT2D eigenvalue weighted by Crippen LogP contribution is -2.38. The van der Waals surface area contributed by atoms with Crippen LogP contribution in [0.3, 0.4) is 0 Å². The Bertz CT molecular complexity index is 1150. The smallest absolute Gasteiger partial charge is 0.197 e. The molecule has 0 saturated heterocycles. The highest BCUT2D eigenvalue weighted by molar-refractivity contribution is 7.84. The maximum absolute atomic E-state index is 12.7. The molecule has 4 aliphatic carbocycles. The Hall–Kier alpha value is -2.45. The number of pyridine rings is 1. The summed E-state index contributed by atoms with van der Waals surface area (Å²) >= 11 is 0. The molecule has 4 fully saturated rings. The number of imidazole rings is 1. The maximum atomic E-state index is 12.7. The zero-order valence-corrected chi connectivity index (χ0v) is 22.1. The van der Waals surface area contributed by atoms with Crippen LogP contribution in [0.5, 0.6) is 11.5 Å². The summed E-state index contributed by atoms with van der Waals surface area (Å²) in [5.41, 5.74) is 4.16. The summed E-state index contributed by atoms with van der Waals surface area (Å²) in [6.45, 7) is 3.86. The van der Waals surface area contributed by atoms with Crippen LogP contribution in [0.2, 0.25) is 0 Å². The first-order chi connectivity index (χ1) is 16.4. The number of aromatic amines is 1. The number of hydrogen-bond acceptors (Lipinski definition) is 6. The van der Waals surface area contributed by atoms with Gasteiger partial charge in [-0.2, -0.15) is 0 Å². The minimum atomic E-state index is -1.33. The molecule has 3 aromatic rings. The Morgan fingerprint density at radius 2 is 1.57 bits per heavy atom. The summed E-state index contributed by atoms with van der Waals surface area (Å²) in [5, 5.41) is 0.430. The molecule has 8 heteroatoms. The minimum absolute atomic E-state index is 0. The van der Waals surface area contributed by atoms with Crippen molar-refractivity contribution in [2.75, 3.05) is 14.2 Å². The van der Waals surface area contributed by atoms with Crippen molar-refractivity contribution in [2.45, 2.75) is 63.3 Å². The molecule has 35 heavy (non-hydrogen) atoms. The maximum Gasteiger partial charge on any atom is 0.197 e. The molecule has 0 aliphatic heterocycles. The van der Waals surface area contributed by atoms with Gasteiger partial charge in [-0.25, -0.2) is 4.98 Å². The molecule has 0 radical (unpaired) electrons. The number of aryl methyl sites for hydroxylation is 1. The van der Waals surface area contributed by atoms with Gasteiger partial charge < -0.3 is 20.6 Å². The van der Waals surface area contributed by atoms with Gasteiger partial charge in [-0.1, -0.05) is 0 Å². The molecule has 4 aliphatic rings. The van der Waals surface area contributed by atoms with Crippen LogP contribution in [0.1, 0.15) is 55.3 Å². The van der Waals surface area contributed by atoms with Gasteiger partial charge in [-0.15, -0.1) is 0 Å². The summed E-state index contributed by atoms with van der Waals surface area (Å²) in [5.74, 6) is 6.50. The zero-order chi connectivity index (χ0) is 23.8. The first kappa shape index (κ1) is 25.6. The first-order valence-corrected chi connectivity index (χ1v) is 13.7. The van der Waals surface area contributed by atoms with Crippen molar-refractivity contribution in [3.63, 3.8) is 0 Å². The normalized spacial score (nSPS) is 24.9. The molecular formula is C27H38N4O3S. The van der Waals surface area contributed by atoms with Crippen LogP contribution in [0.25, 0.3) is 11.0 Å². The van der Waals surface area contributed by atoms with E-state index in [1.165, 1.54) is 23.7 Å². The van der Waals surface area contributed by atoms with Gasteiger partial charge >= 0.3 is 0 Å². The SMILES string of the molecule is C1C2CC3CC1CC(C2)C3.COc1ccc2nc([S@@](=O)Cc3ncc(C)c(OC)c3C)[nH]c2c1.N. The van der Waals surface area contributed by atoms with E-state index in [1.807, 2.05) is 32.0 Å². The van der Waals surface area contributed by atoms with E-state index in [0.717, 1.165) is 39.4 Å². The van der Waals surface area contributed by atoms with Crippen LogP contribution in [-0.4, -0.2) is 33.4 Å². The van der Waals surface area contributed by atoms with Crippen molar-refractivity contribution in [3.8, 4) is 11.5 Å². The number of fused-ring (bicyclic) bond motifs is 1. The fourth-order valence-corrected chi connectivity index (χ4v) is 7.69. The number of benzene rings is 1. The molecule has 2 aromatic heterocycles. The second-order valence-electron chi connectivity index (χ2n) is 10.3. The number of rotatable bonds is 5. The molecule has 0 unspecified atom stereocenters. The number of nitrogens with zero attached hydrogens (tertiary/aromatic N) is 2. The Kier molecular flexibility index (Phi) is 7.81. The quantitative estimate of drug-likeness (QED) is 0.453. The van der Waals surface area contributed by atoms with E-state index < -0.39 is 10.8 Å². The van der Waals surface area contributed by atoms with E-state index in [4.69, 9.17) is 9.47 Å². The van der Waals surface area contributed by atoms with Gasteiger partial charge in [-0.3, -0.25) is 9.19 Å². The highest BCUT2D eigenvalue weighted by Gasteiger charge is 2.41. The summed E-state index contributed by atoms with van der Waals surface area (Å²) in [6, 6.07) is 5.50. The van der Waals surface area contributed by atoms with E-state index in [2.05, 4.69) is 15.0 Å². The largest absolute Gasteiger partial charge is 0.497 e. The molecule has 4 bridgehead atoms. The lowest BCUT2D eigenvalue weighted by molar-refractivity contribution is 0.0198. The second-order valence-corrected chi connectivity index (χ2v) is 11.7. The lowest BCUT2D eigenvalue weighted by atomic mass is 9.56. The van der Waals surface area contributed by atoms with Crippen molar-refractivity contribution in [1.82, 2.24) is 21.1 Å². The van der Waals surface area contributed by atoms with Crippen molar-refractivity contribution in [1.29, 1.82) is 0 Å². The van der Waals surface area contributed by atoms with Gasteiger partial charge in [0.15, 0.2) is 5.16 Å². The van der Waals surface area contributed by atoms with E-state index >= 15 is 0 Å². The predicted octanol–water partition coefficient (Wildman–Crippen LogP) is 5.89. The fraction of sp³-hybridized carbons (Fsp3) is 0.556. The van der Waals surface area contributed by atoms with Crippen LogP contribution in [0, 0.1) is 37.5 Å². The van der Waals surface area contributed by atoms with E-state index in [9.17, 15) is 4.21 Å². The van der Waals surface area contributed by atoms with Crippen LogP contribution < -0.4 is 15.6 Å². The van der Waals surface area contributed by atoms with Gasteiger partial charge in [0.1, 0.15) is 11.5 Å². The number of nitrogens with one attached hydrogen (secondary N) is 1. The number of H-pyrrole nitrogens is 1. The number of aromatic nitrogens is 3. The van der Waals surface area contributed by atoms with Crippen molar-refractivity contribution in [3.05, 3.63) is 41.2 Å². The third kappa shape index (κ3) is 5.38. The van der Waals surface area contributed by atoms with Crippen LogP contribution in [0.4, 0.5) is 0 Å². The van der Waals surface area contributed by atoms with E-state index in [0.29, 0.717) is 5.16 Å². The zero-order valence-electron chi connectivity index (χ0n) is 21.3. The van der Waals surface area contributed by atoms with Gasteiger partial charge in [0.2, 0.25) is 0 Å². The number of hydrogen-bond donors (Lipinski definition) is 2. The third-order valence-corrected chi connectivity index (χ3v) is 9.06. The fourth-order valence-electron chi connectivity index (χ4n) is 6.59. The third-order valence-electron chi connectivity index (χ3n) is 7.90. The summed E-state index contributed by atoms with van der Waals surface area (Å²) < 4.78 is 23.3. The number of ether oxygens (including phenoxy) is 2. The molecule has 0 spiro atoms. The molecule has 7 nitrogen and oxygen atoms in total. The van der Waals surface area contributed by atoms with Crippen molar-refractivity contribution >= 4 is 21.8 Å². The van der Waals surface area contributed by atoms with Gasteiger partial charge in [-0.05, 0) is 88.2 Å².